The van der Waals surface area contributed by atoms with Crippen molar-refractivity contribution in [2.45, 2.75) is 51.9 Å². The molecule has 8 nitrogen and oxygen atoms in total. The Balaban J connectivity index is 1.38. The van der Waals surface area contributed by atoms with Crippen LogP contribution in [-0.2, 0) is 11.3 Å². The lowest BCUT2D eigenvalue weighted by Gasteiger charge is -2.28. The predicted octanol–water partition coefficient (Wildman–Crippen LogP) is 4.31. The van der Waals surface area contributed by atoms with E-state index in [1.54, 1.807) is 18.5 Å². The van der Waals surface area contributed by atoms with Crippen LogP contribution in [0.1, 0.15) is 39.7 Å². The van der Waals surface area contributed by atoms with E-state index in [9.17, 15) is 9.59 Å². The summed E-state index contributed by atoms with van der Waals surface area (Å²) in [4.78, 5) is 31.6. The number of rotatable bonds is 6. The summed E-state index contributed by atoms with van der Waals surface area (Å²) in [5.74, 6) is 1.31. The van der Waals surface area contributed by atoms with Crippen LogP contribution in [0.2, 0.25) is 0 Å². The van der Waals surface area contributed by atoms with E-state index in [0.29, 0.717) is 24.6 Å². The van der Waals surface area contributed by atoms with Crippen molar-refractivity contribution in [1.82, 2.24) is 14.9 Å². The second-order valence-corrected chi connectivity index (χ2v) is 10.1. The molecule has 0 aliphatic carbocycles. The van der Waals surface area contributed by atoms with Gasteiger partial charge in [-0.1, -0.05) is 30.3 Å². The zero-order valence-electron chi connectivity index (χ0n) is 20.7. The van der Waals surface area contributed by atoms with Gasteiger partial charge < -0.3 is 19.7 Å². The summed E-state index contributed by atoms with van der Waals surface area (Å²) in [6.45, 7) is 9.32. The van der Waals surface area contributed by atoms with E-state index in [2.05, 4.69) is 15.2 Å². The van der Waals surface area contributed by atoms with Gasteiger partial charge in [-0.25, -0.2) is 9.78 Å². The Hall–Kier alpha value is -3.81. The van der Waals surface area contributed by atoms with Gasteiger partial charge >= 0.3 is 6.09 Å². The van der Waals surface area contributed by atoms with Gasteiger partial charge in [0.25, 0.3) is 5.56 Å². The van der Waals surface area contributed by atoms with Crippen molar-refractivity contribution < 1.29 is 14.3 Å². The summed E-state index contributed by atoms with van der Waals surface area (Å²) in [5, 5.41) is 2.99. The molecule has 184 valence electrons. The molecule has 1 N–H and O–H groups in total. The van der Waals surface area contributed by atoms with E-state index in [1.807, 2.05) is 70.2 Å². The predicted molar refractivity (Wildman–Crippen MR) is 135 cm³/mol. The van der Waals surface area contributed by atoms with Gasteiger partial charge in [-0.3, -0.25) is 9.36 Å². The van der Waals surface area contributed by atoms with Gasteiger partial charge in [0.05, 0.1) is 17.4 Å². The monoisotopic (exact) mass is 476 g/mol. The number of hydrogen-bond acceptors (Lipinski definition) is 6. The molecule has 1 atom stereocenters. The molecule has 1 aromatic carbocycles. The summed E-state index contributed by atoms with van der Waals surface area (Å²) in [6, 6.07) is 16.8. The first-order valence-corrected chi connectivity index (χ1v) is 11.7. The molecule has 1 amide bonds. The number of carbonyl (C=O) groups excluding carboxylic acids is 1. The maximum absolute atomic E-state index is 12.7. The number of alkyl carbamates (subject to hydrolysis) is 1. The van der Waals surface area contributed by atoms with Crippen LogP contribution in [0.15, 0.2) is 71.8 Å². The van der Waals surface area contributed by atoms with Crippen LogP contribution in [0.4, 0.5) is 10.6 Å². The Labute approximate surface area is 205 Å². The summed E-state index contributed by atoms with van der Waals surface area (Å²) in [5.41, 5.74) is 0.564. The molecule has 1 fully saturated rings. The maximum Gasteiger partial charge on any atom is 0.408 e. The molecule has 0 radical (unpaired) electrons. The molecule has 1 aliphatic rings. The zero-order chi connectivity index (χ0) is 25.1. The Kier molecular flexibility index (Phi) is 6.82. The minimum atomic E-state index is -0.541. The quantitative estimate of drug-likeness (QED) is 0.571. The molecule has 2 aromatic heterocycles. The van der Waals surface area contributed by atoms with Gasteiger partial charge in [-0.15, -0.1) is 0 Å². The van der Waals surface area contributed by atoms with Crippen molar-refractivity contribution in [2.75, 3.05) is 18.0 Å². The Morgan fingerprint density at radius 3 is 2.57 bits per heavy atom. The lowest BCUT2D eigenvalue weighted by molar-refractivity contribution is 0.0473. The van der Waals surface area contributed by atoms with Crippen LogP contribution in [0.25, 0.3) is 5.69 Å². The molecule has 8 heteroatoms. The van der Waals surface area contributed by atoms with Gasteiger partial charge in [0.15, 0.2) is 0 Å². The highest BCUT2D eigenvalue weighted by Gasteiger charge is 2.36. The molecule has 4 rings (SSSR count). The number of ether oxygens (including phenoxy) is 2. The summed E-state index contributed by atoms with van der Waals surface area (Å²) >= 11 is 0. The second kappa shape index (κ2) is 9.82. The smallest absolute Gasteiger partial charge is 0.408 e. The standard InChI is InChI=1S/C27H32N4O4/c1-26(2,3)35-25(33)29-27(4)13-15-30(19-27)23-11-10-21(17-28-23)31-14-12-22(16-24(31)32)34-18-20-8-6-5-7-9-20/h5-12,14,16-17H,13,15,18-19H2,1-4H3,(H,29,33). The third-order valence-electron chi connectivity index (χ3n) is 5.75. The lowest BCUT2D eigenvalue weighted by Crippen LogP contribution is -2.49. The molecule has 0 spiro atoms. The van der Waals surface area contributed by atoms with Gasteiger partial charge in [0, 0.05) is 25.4 Å². The van der Waals surface area contributed by atoms with E-state index in [4.69, 9.17) is 9.47 Å². The molecular formula is C27H32N4O4. The van der Waals surface area contributed by atoms with Crippen LogP contribution >= 0.6 is 0 Å². The summed E-state index contributed by atoms with van der Waals surface area (Å²) in [6.07, 6.45) is 3.73. The third kappa shape index (κ3) is 6.41. The number of benzene rings is 1. The summed E-state index contributed by atoms with van der Waals surface area (Å²) < 4.78 is 12.7. The molecule has 1 saturated heterocycles. The third-order valence-corrected chi connectivity index (χ3v) is 5.75. The number of pyridine rings is 2. The second-order valence-electron chi connectivity index (χ2n) is 10.1. The first-order valence-electron chi connectivity index (χ1n) is 11.7. The van der Waals surface area contributed by atoms with Crippen LogP contribution in [-0.4, -0.2) is 39.9 Å². The Morgan fingerprint density at radius 2 is 1.91 bits per heavy atom. The lowest BCUT2D eigenvalue weighted by atomic mass is 10.0. The largest absolute Gasteiger partial charge is 0.489 e. The van der Waals surface area contributed by atoms with Crippen LogP contribution in [0, 0.1) is 0 Å². The van der Waals surface area contributed by atoms with Crippen LogP contribution < -0.4 is 20.5 Å². The minimum absolute atomic E-state index is 0.194. The van der Waals surface area contributed by atoms with E-state index < -0.39 is 17.2 Å². The van der Waals surface area contributed by atoms with Gasteiger partial charge in [-0.2, -0.15) is 0 Å². The number of nitrogens with zero attached hydrogens (tertiary/aromatic N) is 3. The topological polar surface area (TPSA) is 85.7 Å². The fraction of sp³-hybridized carbons (Fsp3) is 0.370. The summed E-state index contributed by atoms with van der Waals surface area (Å²) in [7, 11) is 0. The van der Waals surface area contributed by atoms with Crippen molar-refractivity contribution in [3.05, 3.63) is 82.9 Å². The highest BCUT2D eigenvalue weighted by atomic mass is 16.6. The highest BCUT2D eigenvalue weighted by Crippen LogP contribution is 2.26. The SMILES string of the molecule is CC1(NC(=O)OC(C)(C)C)CCN(c2ccc(-n3ccc(OCc4ccccc4)cc3=O)cn2)C1. The van der Waals surface area contributed by atoms with Crippen molar-refractivity contribution >= 4 is 11.9 Å². The molecule has 0 saturated carbocycles. The van der Waals surface area contributed by atoms with Crippen molar-refractivity contribution in [3.63, 3.8) is 0 Å². The number of anilines is 1. The van der Waals surface area contributed by atoms with E-state index in [0.717, 1.165) is 24.3 Å². The molecular weight excluding hydrogens is 444 g/mol. The number of amides is 1. The number of nitrogens with one attached hydrogen (secondary N) is 1. The van der Waals surface area contributed by atoms with Gasteiger partial charge in [0.1, 0.15) is 23.8 Å². The molecule has 3 heterocycles. The number of hydrogen-bond donors (Lipinski definition) is 1. The average molecular weight is 477 g/mol. The van der Waals surface area contributed by atoms with E-state index in [1.165, 1.54) is 10.6 Å². The molecule has 0 bridgehead atoms. The zero-order valence-corrected chi connectivity index (χ0v) is 20.7. The first-order chi connectivity index (χ1) is 16.6. The van der Waals surface area contributed by atoms with Gasteiger partial charge in [-0.05, 0) is 57.9 Å². The number of aromatic nitrogens is 2. The van der Waals surface area contributed by atoms with E-state index >= 15 is 0 Å². The fourth-order valence-corrected chi connectivity index (χ4v) is 4.02. The Morgan fingerprint density at radius 1 is 1.14 bits per heavy atom. The number of carbonyl (C=O) groups is 1. The van der Waals surface area contributed by atoms with Crippen molar-refractivity contribution in [2.24, 2.45) is 0 Å². The van der Waals surface area contributed by atoms with Gasteiger partial charge in [0.2, 0.25) is 0 Å². The van der Waals surface area contributed by atoms with Crippen LogP contribution in [0.5, 0.6) is 5.75 Å². The fourth-order valence-electron chi connectivity index (χ4n) is 4.02. The van der Waals surface area contributed by atoms with Crippen molar-refractivity contribution in [3.8, 4) is 11.4 Å². The highest BCUT2D eigenvalue weighted by molar-refractivity contribution is 5.69. The van der Waals surface area contributed by atoms with E-state index in [-0.39, 0.29) is 5.56 Å². The molecule has 1 unspecified atom stereocenters. The molecule has 1 aliphatic heterocycles. The first kappa shape index (κ1) is 24.3. The van der Waals surface area contributed by atoms with Crippen molar-refractivity contribution in [1.29, 1.82) is 0 Å². The average Bonchev–Trinajstić information content (AvgIpc) is 3.18. The molecule has 3 aromatic rings. The normalized spacial score (nSPS) is 17.8. The van der Waals surface area contributed by atoms with Crippen LogP contribution in [0.3, 0.4) is 0 Å². The minimum Gasteiger partial charge on any atom is -0.489 e. The molecule has 35 heavy (non-hydrogen) atoms. The maximum atomic E-state index is 12.7. The Bertz CT molecular complexity index is 1220.